The summed E-state index contributed by atoms with van der Waals surface area (Å²) in [6.45, 7) is 6.09. The molecule has 5 unspecified atom stereocenters. The zero-order chi connectivity index (χ0) is 18.5. The molecule has 2 bridgehead atoms. The van der Waals surface area contributed by atoms with E-state index in [1.54, 1.807) is 0 Å². The van der Waals surface area contributed by atoms with Crippen LogP contribution in [0.15, 0.2) is 0 Å². The predicted molar refractivity (Wildman–Crippen MR) is 88.7 cm³/mol. The summed E-state index contributed by atoms with van der Waals surface area (Å²) in [6, 6.07) is 6.43. The predicted octanol–water partition coefficient (Wildman–Crippen LogP) is 3.50. The Morgan fingerprint density at radius 2 is 1.92 bits per heavy atom. The van der Waals surface area contributed by atoms with Gasteiger partial charge in [-0.25, -0.2) is 0 Å². The van der Waals surface area contributed by atoms with Crippen molar-refractivity contribution in [2.45, 2.75) is 64.8 Å². The van der Waals surface area contributed by atoms with Crippen molar-refractivity contribution < 1.29 is 9.47 Å². The zero-order valence-electron chi connectivity index (χ0n) is 15.0. The highest BCUT2D eigenvalue weighted by molar-refractivity contribution is 5.89. The van der Waals surface area contributed by atoms with Gasteiger partial charge in [-0.05, 0) is 31.1 Å². The summed E-state index contributed by atoms with van der Waals surface area (Å²) < 4.78 is 12.2. The van der Waals surface area contributed by atoms with E-state index in [2.05, 4.69) is 25.1 Å². The summed E-state index contributed by atoms with van der Waals surface area (Å²) in [7, 11) is 0. The monoisotopic (exact) mass is 340 g/mol. The molecule has 0 aromatic heterocycles. The minimum Gasteiger partial charge on any atom is -0.447 e. The largest absolute Gasteiger partial charge is 0.447 e. The second-order valence-electron chi connectivity index (χ2n) is 8.03. The van der Waals surface area contributed by atoms with Crippen LogP contribution in [0.1, 0.15) is 52.9 Å². The third kappa shape index (κ3) is 2.00. The van der Waals surface area contributed by atoms with E-state index in [9.17, 15) is 15.8 Å². The van der Waals surface area contributed by atoms with Crippen LogP contribution >= 0.6 is 0 Å². The molecular weight excluding hydrogens is 316 g/mol. The summed E-state index contributed by atoms with van der Waals surface area (Å²) >= 11 is 0. The highest BCUT2D eigenvalue weighted by Crippen LogP contribution is 2.67. The first kappa shape index (κ1) is 17.7. The van der Waals surface area contributed by atoms with Crippen LogP contribution in [-0.4, -0.2) is 17.8 Å². The zero-order valence-corrected chi connectivity index (χ0v) is 15.0. The van der Waals surface area contributed by atoms with Gasteiger partial charge >= 0.3 is 0 Å². The van der Waals surface area contributed by atoms with Gasteiger partial charge in [-0.1, -0.05) is 27.2 Å². The van der Waals surface area contributed by atoms with E-state index in [4.69, 9.17) is 14.9 Å². The average Bonchev–Trinajstić information content (AvgIpc) is 2.79. The van der Waals surface area contributed by atoms with Crippen LogP contribution in [0.2, 0.25) is 0 Å². The highest BCUT2D eigenvalue weighted by atomic mass is 16.7. The third-order valence-corrected chi connectivity index (χ3v) is 6.40. The van der Waals surface area contributed by atoms with Crippen LogP contribution in [-0.2, 0) is 9.47 Å². The van der Waals surface area contributed by atoms with Crippen LogP contribution in [0.5, 0.6) is 0 Å². The van der Waals surface area contributed by atoms with Gasteiger partial charge in [-0.3, -0.25) is 5.41 Å². The molecule has 3 fully saturated rings. The van der Waals surface area contributed by atoms with Crippen molar-refractivity contribution in [2.24, 2.45) is 28.6 Å². The van der Waals surface area contributed by atoms with Crippen molar-refractivity contribution in [1.29, 1.82) is 21.2 Å². The van der Waals surface area contributed by atoms with Crippen molar-refractivity contribution >= 4 is 5.90 Å². The topological polar surface area (TPSA) is 114 Å². The minimum absolute atomic E-state index is 0.190. The lowest BCUT2D eigenvalue weighted by Gasteiger charge is -2.53. The quantitative estimate of drug-likeness (QED) is 0.844. The highest BCUT2D eigenvalue weighted by Gasteiger charge is 2.80. The van der Waals surface area contributed by atoms with E-state index >= 15 is 0 Å². The summed E-state index contributed by atoms with van der Waals surface area (Å²) in [5, 5.41) is 38.6. The van der Waals surface area contributed by atoms with Gasteiger partial charge in [-0.15, -0.1) is 0 Å². The van der Waals surface area contributed by atoms with Crippen LogP contribution in [0.3, 0.4) is 0 Å². The summed E-state index contributed by atoms with van der Waals surface area (Å²) in [5.74, 6) is -1.16. The van der Waals surface area contributed by atoms with Crippen LogP contribution in [0, 0.1) is 68.0 Å². The Labute approximate surface area is 148 Å². The van der Waals surface area contributed by atoms with Crippen molar-refractivity contribution in [3.05, 3.63) is 0 Å². The average molecular weight is 340 g/mol. The molecule has 1 saturated carbocycles. The van der Waals surface area contributed by atoms with Crippen molar-refractivity contribution in [3.63, 3.8) is 0 Å². The second kappa shape index (κ2) is 5.72. The van der Waals surface area contributed by atoms with Crippen molar-refractivity contribution in [3.8, 4) is 18.2 Å². The summed E-state index contributed by atoms with van der Waals surface area (Å²) in [6.07, 6.45) is 2.85. The van der Waals surface area contributed by atoms with E-state index < -0.39 is 28.6 Å². The SMILES string of the molecule is CCC1CCC23OC(=N)C(C#N)(C2C1)C(C#N)(C#N)C(CC(C)C)O3. The fraction of sp³-hybridized carbons (Fsp3) is 0.789. The molecule has 25 heavy (non-hydrogen) atoms. The molecule has 0 amide bonds. The van der Waals surface area contributed by atoms with Gasteiger partial charge in [0.25, 0.3) is 0 Å². The smallest absolute Gasteiger partial charge is 0.217 e. The van der Waals surface area contributed by atoms with Gasteiger partial charge in [0.1, 0.15) is 0 Å². The van der Waals surface area contributed by atoms with Gasteiger partial charge < -0.3 is 9.47 Å². The lowest BCUT2D eigenvalue weighted by Crippen LogP contribution is -2.64. The van der Waals surface area contributed by atoms with E-state index in [0.29, 0.717) is 25.2 Å². The molecule has 132 valence electrons. The first-order valence-electron chi connectivity index (χ1n) is 9.05. The van der Waals surface area contributed by atoms with Crippen LogP contribution in [0.25, 0.3) is 0 Å². The lowest BCUT2D eigenvalue weighted by molar-refractivity contribution is -0.298. The molecule has 0 aromatic rings. The maximum Gasteiger partial charge on any atom is 0.217 e. The van der Waals surface area contributed by atoms with Gasteiger partial charge in [0.2, 0.25) is 11.7 Å². The summed E-state index contributed by atoms with van der Waals surface area (Å²) in [4.78, 5) is 0. The van der Waals surface area contributed by atoms with Gasteiger partial charge in [0.15, 0.2) is 10.8 Å². The fourth-order valence-electron chi connectivity index (χ4n) is 5.04. The molecule has 6 nitrogen and oxygen atoms in total. The van der Waals surface area contributed by atoms with Crippen LogP contribution in [0.4, 0.5) is 0 Å². The second-order valence-corrected chi connectivity index (χ2v) is 8.03. The van der Waals surface area contributed by atoms with Gasteiger partial charge in [0, 0.05) is 6.42 Å². The molecule has 5 atom stereocenters. The third-order valence-electron chi connectivity index (χ3n) is 6.40. The molecular formula is C19H24N4O2. The first-order chi connectivity index (χ1) is 11.9. The van der Waals surface area contributed by atoms with E-state index in [1.165, 1.54) is 0 Å². The van der Waals surface area contributed by atoms with Crippen LogP contribution < -0.4 is 0 Å². The van der Waals surface area contributed by atoms with E-state index in [1.807, 2.05) is 13.8 Å². The maximum atomic E-state index is 10.2. The Morgan fingerprint density at radius 1 is 1.24 bits per heavy atom. The Bertz CT molecular complexity index is 698. The van der Waals surface area contributed by atoms with Gasteiger partial charge in [0.05, 0.1) is 30.2 Å². The number of ether oxygens (including phenoxy) is 2. The molecule has 0 spiro atoms. The molecule has 0 radical (unpaired) electrons. The maximum absolute atomic E-state index is 10.2. The molecule has 3 aliphatic rings. The Kier molecular flexibility index (Phi) is 4.05. The molecule has 1 aliphatic carbocycles. The molecule has 1 N–H and O–H groups in total. The van der Waals surface area contributed by atoms with E-state index in [0.717, 1.165) is 12.8 Å². The number of nitrogens with one attached hydrogen (secondary N) is 1. The minimum atomic E-state index is -1.72. The lowest BCUT2D eigenvalue weighted by atomic mass is 9.50. The fourth-order valence-corrected chi connectivity index (χ4v) is 5.04. The molecule has 0 aromatic carbocycles. The van der Waals surface area contributed by atoms with Crippen molar-refractivity contribution in [2.75, 3.05) is 0 Å². The number of hydrogen-bond donors (Lipinski definition) is 1. The first-order valence-corrected chi connectivity index (χ1v) is 9.05. The Hall–Kier alpha value is -2.10. The standard InChI is InChI=1S/C19H24N4O2/c1-4-13-5-6-19-14(8-13)18(11-22,16(23)25-19)17(9-20,10-21)15(24-19)7-12(2)3/h12-15,23H,4-8H2,1-3H3. The van der Waals surface area contributed by atoms with Crippen molar-refractivity contribution in [1.82, 2.24) is 0 Å². The number of rotatable bonds is 3. The molecule has 2 heterocycles. The normalized spacial score (nSPS) is 41.2. The molecule has 6 heteroatoms. The Balaban J connectivity index is 2.21. The number of nitriles is 3. The molecule has 2 aliphatic heterocycles. The molecule has 3 rings (SSSR count). The number of hydrogen-bond acceptors (Lipinski definition) is 6. The number of nitrogens with zero attached hydrogens (tertiary/aromatic N) is 3. The Morgan fingerprint density at radius 3 is 2.44 bits per heavy atom. The summed E-state index contributed by atoms with van der Waals surface area (Å²) in [5.41, 5.74) is -3.27. The molecule has 2 saturated heterocycles. The van der Waals surface area contributed by atoms with E-state index in [-0.39, 0.29) is 11.8 Å². The van der Waals surface area contributed by atoms with Gasteiger partial charge in [-0.2, -0.15) is 15.8 Å².